The number of aliphatic hydroxyl groups is 1. The van der Waals surface area contributed by atoms with E-state index in [-0.39, 0.29) is 6.61 Å². The highest BCUT2D eigenvalue weighted by molar-refractivity contribution is 5.90. The molecule has 1 heterocycles. The Hall–Kier alpha value is -2.85. The highest BCUT2D eigenvalue weighted by atomic mass is 16.6. The summed E-state index contributed by atoms with van der Waals surface area (Å²) in [7, 11) is 0. The maximum absolute atomic E-state index is 11.9. The standard InChI is InChI=1S/C22H23NO3/c1-3-6-18-7-4-5-8-19(18)10-9-17-11-12-20(13-16(17)2)23-14-21(15-24)26-22(23)25/h3-5,7-13,21,24H,1,6,14-15H2,2H3/b10-9+/t21-/m1/s1. The van der Waals surface area contributed by atoms with Crippen LogP contribution in [0.15, 0.2) is 55.1 Å². The number of ether oxygens (including phenoxy) is 1. The lowest BCUT2D eigenvalue weighted by atomic mass is 10.0. The van der Waals surface area contributed by atoms with E-state index >= 15 is 0 Å². The number of nitrogens with zero attached hydrogens (tertiary/aromatic N) is 1. The van der Waals surface area contributed by atoms with Crippen LogP contribution in [0.25, 0.3) is 12.2 Å². The van der Waals surface area contributed by atoms with E-state index < -0.39 is 12.2 Å². The topological polar surface area (TPSA) is 49.8 Å². The average Bonchev–Trinajstić information content (AvgIpc) is 3.03. The molecule has 4 heteroatoms. The summed E-state index contributed by atoms with van der Waals surface area (Å²) in [6, 6.07) is 14.1. The van der Waals surface area contributed by atoms with Gasteiger partial charge in [-0.15, -0.1) is 6.58 Å². The van der Waals surface area contributed by atoms with E-state index in [4.69, 9.17) is 9.84 Å². The van der Waals surface area contributed by atoms with Crippen LogP contribution in [0.4, 0.5) is 10.5 Å². The van der Waals surface area contributed by atoms with Gasteiger partial charge in [0.15, 0.2) is 0 Å². The Labute approximate surface area is 154 Å². The Kier molecular flexibility index (Phi) is 5.54. The van der Waals surface area contributed by atoms with E-state index in [1.165, 1.54) is 11.1 Å². The summed E-state index contributed by atoms with van der Waals surface area (Å²) < 4.78 is 5.10. The number of rotatable bonds is 6. The number of anilines is 1. The molecular formula is C22H23NO3. The van der Waals surface area contributed by atoms with Crippen molar-refractivity contribution >= 4 is 23.9 Å². The molecule has 0 saturated carbocycles. The van der Waals surface area contributed by atoms with Gasteiger partial charge in [0.05, 0.1) is 13.2 Å². The van der Waals surface area contributed by atoms with E-state index in [2.05, 4.69) is 30.9 Å². The number of benzene rings is 2. The lowest BCUT2D eigenvalue weighted by molar-refractivity contribution is 0.0963. The summed E-state index contributed by atoms with van der Waals surface area (Å²) in [5.74, 6) is 0. The van der Waals surface area contributed by atoms with Gasteiger partial charge >= 0.3 is 6.09 Å². The van der Waals surface area contributed by atoms with Crippen LogP contribution in [-0.2, 0) is 11.2 Å². The maximum Gasteiger partial charge on any atom is 0.414 e. The molecular weight excluding hydrogens is 326 g/mol. The van der Waals surface area contributed by atoms with Crippen LogP contribution in [0.2, 0.25) is 0 Å². The number of aryl methyl sites for hydroxylation is 1. The predicted molar refractivity (Wildman–Crippen MR) is 105 cm³/mol. The molecule has 1 saturated heterocycles. The quantitative estimate of drug-likeness (QED) is 0.628. The van der Waals surface area contributed by atoms with E-state index in [9.17, 15) is 4.79 Å². The lowest BCUT2D eigenvalue weighted by Gasteiger charge is -2.14. The molecule has 4 nitrogen and oxygen atoms in total. The molecule has 3 rings (SSSR count). The second-order valence-corrected chi connectivity index (χ2v) is 6.36. The summed E-state index contributed by atoms with van der Waals surface area (Å²) in [6.45, 7) is 6.04. The third kappa shape index (κ3) is 3.86. The number of hydrogen-bond donors (Lipinski definition) is 1. The van der Waals surface area contributed by atoms with Crippen molar-refractivity contribution in [2.75, 3.05) is 18.1 Å². The largest absolute Gasteiger partial charge is 0.441 e. The Morgan fingerprint density at radius 3 is 2.69 bits per heavy atom. The van der Waals surface area contributed by atoms with Gasteiger partial charge in [-0.2, -0.15) is 0 Å². The van der Waals surface area contributed by atoms with Gasteiger partial charge in [0, 0.05) is 5.69 Å². The Bertz CT molecular complexity index is 841. The third-order valence-corrected chi connectivity index (χ3v) is 4.50. The van der Waals surface area contributed by atoms with Crippen LogP contribution in [0.5, 0.6) is 0 Å². The molecule has 1 atom stereocenters. The van der Waals surface area contributed by atoms with Gasteiger partial charge < -0.3 is 9.84 Å². The minimum Gasteiger partial charge on any atom is -0.441 e. The number of carbonyl (C=O) groups excluding carboxylic acids is 1. The molecule has 0 aromatic heterocycles. The molecule has 0 radical (unpaired) electrons. The first-order valence-corrected chi connectivity index (χ1v) is 8.69. The molecule has 26 heavy (non-hydrogen) atoms. The van der Waals surface area contributed by atoms with E-state index in [1.807, 2.05) is 43.3 Å². The number of cyclic esters (lactones) is 1. The number of aliphatic hydroxyl groups excluding tert-OH is 1. The molecule has 1 aliphatic rings. The van der Waals surface area contributed by atoms with Crippen molar-refractivity contribution in [2.45, 2.75) is 19.4 Å². The number of allylic oxidation sites excluding steroid dienone is 1. The van der Waals surface area contributed by atoms with Gasteiger partial charge in [0.25, 0.3) is 0 Å². The molecule has 134 valence electrons. The Balaban J connectivity index is 1.80. The van der Waals surface area contributed by atoms with E-state index in [0.29, 0.717) is 6.54 Å². The number of hydrogen-bond acceptors (Lipinski definition) is 3. The monoisotopic (exact) mass is 349 g/mol. The molecule has 0 aliphatic carbocycles. The Morgan fingerprint density at radius 2 is 2.00 bits per heavy atom. The average molecular weight is 349 g/mol. The number of carbonyl (C=O) groups is 1. The molecule has 0 bridgehead atoms. The molecule has 1 N–H and O–H groups in total. The first-order chi connectivity index (χ1) is 12.6. The van der Waals surface area contributed by atoms with Gasteiger partial charge in [-0.3, -0.25) is 4.90 Å². The predicted octanol–water partition coefficient (Wildman–Crippen LogP) is 4.21. The van der Waals surface area contributed by atoms with Crippen LogP contribution >= 0.6 is 0 Å². The van der Waals surface area contributed by atoms with Crippen molar-refractivity contribution in [1.82, 2.24) is 0 Å². The highest BCUT2D eigenvalue weighted by Gasteiger charge is 2.31. The van der Waals surface area contributed by atoms with Gasteiger partial charge in [-0.05, 0) is 47.7 Å². The van der Waals surface area contributed by atoms with Crippen LogP contribution < -0.4 is 4.90 Å². The third-order valence-electron chi connectivity index (χ3n) is 4.50. The Morgan fingerprint density at radius 1 is 1.23 bits per heavy atom. The fraction of sp³-hybridized carbons (Fsp3) is 0.227. The highest BCUT2D eigenvalue weighted by Crippen LogP contribution is 2.25. The van der Waals surface area contributed by atoms with Gasteiger partial charge in [0.1, 0.15) is 6.10 Å². The first-order valence-electron chi connectivity index (χ1n) is 8.69. The smallest absolute Gasteiger partial charge is 0.414 e. The first kappa shape index (κ1) is 18.0. The zero-order chi connectivity index (χ0) is 18.5. The van der Waals surface area contributed by atoms with Gasteiger partial charge in [-0.1, -0.05) is 48.6 Å². The molecule has 2 aromatic carbocycles. The van der Waals surface area contributed by atoms with Gasteiger partial charge in [0.2, 0.25) is 0 Å². The zero-order valence-electron chi connectivity index (χ0n) is 14.9. The molecule has 2 aromatic rings. The van der Waals surface area contributed by atoms with Crippen molar-refractivity contribution in [1.29, 1.82) is 0 Å². The van der Waals surface area contributed by atoms with Crippen molar-refractivity contribution in [3.8, 4) is 0 Å². The van der Waals surface area contributed by atoms with E-state index in [0.717, 1.165) is 23.2 Å². The van der Waals surface area contributed by atoms with Crippen molar-refractivity contribution in [2.24, 2.45) is 0 Å². The summed E-state index contributed by atoms with van der Waals surface area (Å²) in [5.41, 5.74) is 5.36. The molecule has 1 aliphatic heterocycles. The van der Waals surface area contributed by atoms with Crippen molar-refractivity contribution in [3.63, 3.8) is 0 Å². The second kappa shape index (κ2) is 8.02. The number of amides is 1. The molecule has 0 unspecified atom stereocenters. The zero-order valence-corrected chi connectivity index (χ0v) is 14.9. The lowest BCUT2D eigenvalue weighted by Crippen LogP contribution is -2.25. The van der Waals surface area contributed by atoms with Gasteiger partial charge in [-0.25, -0.2) is 4.79 Å². The normalized spacial score (nSPS) is 16.9. The fourth-order valence-electron chi connectivity index (χ4n) is 3.06. The molecule has 1 amide bonds. The van der Waals surface area contributed by atoms with Crippen LogP contribution in [0.3, 0.4) is 0 Å². The summed E-state index contributed by atoms with van der Waals surface area (Å²) >= 11 is 0. The van der Waals surface area contributed by atoms with Crippen molar-refractivity contribution in [3.05, 3.63) is 77.4 Å². The molecule has 1 fully saturated rings. The maximum atomic E-state index is 11.9. The van der Waals surface area contributed by atoms with Crippen LogP contribution in [0, 0.1) is 6.92 Å². The fourth-order valence-corrected chi connectivity index (χ4v) is 3.06. The second-order valence-electron chi connectivity index (χ2n) is 6.36. The summed E-state index contributed by atoms with van der Waals surface area (Å²) in [5, 5.41) is 9.17. The SMILES string of the molecule is C=CCc1ccccc1/C=C/c1ccc(N2C[C@H](CO)OC2=O)cc1C. The minimum absolute atomic E-state index is 0.161. The molecule has 0 spiro atoms. The summed E-state index contributed by atoms with van der Waals surface area (Å²) in [4.78, 5) is 13.5. The van der Waals surface area contributed by atoms with Crippen LogP contribution in [-0.4, -0.2) is 30.5 Å². The minimum atomic E-state index is -0.455. The van der Waals surface area contributed by atoms with Crippen molar-refractivity contribution < 1.29 is 14.6 Å². The van der Waals surface area contributed by atoms with E-state index in [1.54, 1.807) is 4.90 Å². The summed E-state index contributed by atoms with van der Waals surface area (Å²) in [6.07, 6.45) is 6.06. The van der Waals surface area contributed by atoms with Crippen LogP contribution in [0.1, 0.15) is 22.3 Å².